The quantitative estimate of drug-likeness (QED) is 0.332. The molecule has 1 N–H and O–H groups in total. The fourth-order valence-corrected chi connectivity index (χ4v) is 4.87. The first-order valence-electron chi connectivity index (χ1n) is 11.8. The smallest absolute Gasteiger partial charge is 0.280 e. The number of sulfone groups is 1. The Bertz CT molecular complexity index is 1570. The van der Waals surface area contributed by atoms with Crippen molar-refractivity contribution < 1.29 is 35.8 Å². The van der Waals surface area contributed by atoms with E-state index < -0.39 is 30.8 Å². The molecule has 0 aliphatic carbocycles. The Hall–Kier alpha value is -3.91. The number of anilines is 1. The standard InChI is InChI=1S/C25H28N4O8S2/c1-16(2)17-11-12-21(26-14-17)39(32,33)29-23-22(37-20-10-6-5-9-19(20)34-3)24(28-25(27-23)38(4,30)31)36-15-18-8-7-13-35-18/h5-7,9-14,16,18H,8,15H2,1-4H3,(H,27,28,29). The van der Waals surface area contributed by atoms with Crippen LogP contribution in [0.25, 0.3) is 0 Å². The minimum Gasteiger partial charge on any atom is -0.494 e. The first kappa shape index (κ1) is 28.1. The first-order valence-corrected chi connectivity index (χ1v) is 15.2. The third-order valence-electron chi connectivity index (χ3n) is 5.53. The van der Waals surface area contributed by atoms with Gasteiger partial charge in [0.2, 0.25) is 15.6 Å². The Balaban J connectivity index is 1.82. The highest BCUT2D eigenvalue weighted by molar-refractivity contribution is 7.92. The zero-order chi connectivity index (χ0) is 28.2. The summed E-state index contributed by atoms with van der Waals surface area (Å²) < 4.78 is 76.4. The fourth-order valence-electron chi connectivity index (χ4n) is 3.43. The van der Waals surface area contributed by atoms with E-state index in [1.165, 1.54) is 25.6 Å². The van der Waals surface area contributed by atoms with Crippen LogP contribution in [-0.4, -0.2) is 57.9 Å². The van der Waals surface area contributed by atoms with E-state index in [1.54, 1.807) is 36.4 Å². The third-order valence-corrected chi connectivity index (χ3v) is 7.63. The van der Waals surface area contributed by atoms with Crippen LogP contribution in [0.4, 0.5) is 5.82 Å². The highest BCUT2D eigenvalue weighted by atomic mass is 32.2. The van der Waals surface area contributed by atoms with Gasteiger partial charge in [0, 0.05) is 18.9 Å². The molecule has 3 aromatic rings. The first-order chi connectivity index (χ1) is 18.5. The van der Waals surface area contributed by atoms with Crippen molar-refractivity contribution in [3.8, 4) is 23.1 Å². The van der Waals surface area contributed by atoms with Crippen molar-refractivity contribution in [2.24, 2.45) is 0 Å². The number of para-hydroxylation sites is 2. The van der Waals surface area contributed by atoms with Gasteiger partial charge in [-0.3, -0.25) is 4.72 Å². The van der Waals surface area contributed by atoms with E-state index in [0.717, 1.165) is 11.8 Å². The van der Waals surface area contributed by atoms with Gasteiger partial charge in [-0.15, -0.1) is 0 Å². The molecule has 0 radical (unpaired) electrons. The Kier molecular flexibility index (Phi) is 8.25. The molecule has 1 atom stereocenters. The molecule has 0 spiro atoms. The zero-order valence-corrected chi connectivity index (χ0v) is 23.3. The Labute approximate surface area is 227 Å². The predicted octanol–water partition coefficient (Wildman–Crippen LogP) is 3.68. The van der Waals surface area contributed by atoms with Crippen LogP contribution in [0.1, 0.15) is 31.7 Å². The maximum Gasteiger partial charge on any atom is 0.280 e. The van der Waals surface area contributed by atoms with Crippen molar-refractivity contribution in [2.45, 2.75) is 42.5 Å². The summed E-state index contributed by atoms with van der Waals surface area (Å²) in [5.41, 5.74) is 0.842. The van der Waals surface area contributed by atoms with Crippen LogP contribution >= 0.6 is 0 Å². The molecule has 1 aliphatic rings. The van der Waals surface area contributed by atoms with Crippen LogP contribution in [0.3, 0.4) is 0 Å². The van der Waals surface area contributed by atoms with Gasteiger partial charge in [0.25, 0.3) is 21.1 Å². The van der Waals surface area contributed by atoms with Crippen LogP contribution in [0, 0.1) is 0 Å². The van der Waals surface area contributed by atoms with Gasteiger partial charge in [0.1, 0.15) is 12.7 Å². The van der Waals surface area contributed by atoms with Crippen molar-refractivity contribution in [1.82, 2.24) is 15.0 Å². The van der Waals surface area contributed by atoms with E-state index in [2.05, 4.69) is 19.7 Å². The topological polar surface area (TPSA) is 156 Å². The molecule has 12 nitrogen and oxygen atoms in total. The highest BCUT2D eigenvalue weighted by Crippen LogP contribution is 2.41. The van der Waals surface area contributed by atoms with Crippen LogP contribution in [0.2, 0.25) is 0 Å². The van der Waals surface area contributed by atoms with Crippen molar-refractivity contribution in [3.63, 3.8) is 0 Å². The molecule has 0 fully saturated rings. The van der Waals surface area contributed by atoms with Crippen LogP contribution < -0.4 is 18.9 Å². The predicted molar refractivity (Wildman–Crippen MR) is 141 cm³/mol. The molecule has 3 heterocycles. The van der Waals surface area contributed by atoms with Gasteiger partial charge in [-0.25, -0.2) is 13.4 Å². The summed E-state index contributed by atoms with van der Waals surface area (Å²) in [5.74, 6) is -0.418. The van der Waals surface area contributed by atoms with E-state index in [0.29, 0.717) is 12.2 Å². The summed E-state index contributed by atoms with van der Waals surface area (Å²) in [4.78, 5) is 12.1. The number of sulfonamides is 1. The Morgan fingerprint density at radius 1 is 1.08 bits per heavy atom. The Morgan fingerprint density at radius 3 is 2.41 bits per heavy atom. The molecule has 1 unspecified atom stereocenters. The maximum atomic E-state index is 13.3. The molecule has 0 amide bonds. The van der Waals surface area contributed by atoms with E-state index >= 15 is 0 Å². The second-order valence-corrected chi connectivity index (χ2v) is 12.4. The molecule has 0 bridgehead atoms. The molecule has 4 rings (SSSR count). The van der Waals surface area contributed by atoms with Gasteiger partial charge < -0.3 is 18.9 Å². The number of nitrogens with zero attached hydrogens (tertiary/aromatic N) is 3. The van der Waals surface area contributed by atoms with E-state index in [4.69, 9.17) is 18.9 Å². The Morgan fingerprint density at radius 2 is 1.82 bits per heavy atom. The molecule has 2 aromatic heterocycles. The summed E-state index contributed by atoms with van der Waals surface area (Å²) in [5, 5.41) is -0.973. The summed E-state index contributed by atoms with van der Waals surface area (Å²) in [6.45, 7) is 3.87. The number of benzene rings is 1. The number of nitrogens with one attached hydrogen (secondary N) is 1. The second kappa shape index (κ2) is 11.5. The van der Waals surface area contributed by atoms with Gasteiger partial charge in [0.15, 0.2) is 22.3 Å². The van der Waals surface area contributed by atoms with E-state index in [1.807, 2.05) is 13.8 Å². The lowest BCUT2D eigenvalue weighted by molar-refractivity contribution is 0.103. The van der Waals surface area contributed by atoms with Crippen molar-refractivity contribution >= 4 is 25.7 Å². The summed E-state index contributed by atoms with van der Waals surface area (Å²) in [6.07, 6.45) is 5.88. The zero-order valence-electron chi connectivity index (χ0n) is 21.7. The number of ether oxygens (including phenoxy) is 4. The van der Waals surface area contributed by atoms with Crippen LogP contribution in [0.15, 0.2) is 65.1 Å². The summed E-state index contributed by atoms with van der Waals surface area (Å²) in [7, 11) is -6.91. The summed E-state index contributed by atoms with van der Waals surface area (Å²) >= 11 is 0. The van der Waals surface area contributed by atoms with Crippen LogP contribution in [-0.2, 0) is 24.6 Å². The van der Waals surface area contributed by atoms with Gasteiger partial charge in [-0.05, 0) is 35.8 Å². The van der Waals surface area contributed by atoms with Crippen molar-refractivity contribution in [2.75, 3.05) is 24.7 Å². The number of methoxy groups -OCH3 is 1. The third kappa shape index (κ3) is 6.75. The highest BCUT2D eigenvalue weighted by Gasteiger charge is 2.28. The van der Waals surface area contributed by atoms with E-state index in [9.17, 15) is 16.8 Å². The minimum atomic E-state index is -4.34. The lowest BCUT2D eigenvalue weighted by Gasteiger charge is -2.19. The monoisotopic (exact) mass is 576 g/mol. The maximum absolute atomic E-state index is 13.3. The second-order valence-electron chi connectivity index (χ2n) is 8.88. The fraction of sp³-hybridized carbons (Fsp3) is 0.320. The van der Waals surface area contributed by atoms with Crippen molar-refractivity contribution in [3.05, 3.63) is 60.5 Å². The minimum absolute atomic E-state index is 0.0279. The SMILES string of the molecule is COc1ccccc1Oc1c(NS(=O)(=O)c2ccc(C(C)C)cn2)nc(S(C)(=O)=O)nc1OCC1CC=CO1. The lowest BCUT2D eigenvalue weighted by atomic mass is 10.1. The van der Waals surface area contributed by atoms with Crippen molar-refractivity contribution in [1.29, 1.82) is 0 Å². The number of hydrogen-bond acceptors (Lipinski definition) is 11. The molecule has 1 aliphatic heterocycles. The van der Waals surface area contributed by atoms with Gasteiger partial charge >= 0.3 is 0 Å². The molecule has 39 heavy (non-hydrogen) atoms. The number of rotatable bonds is 11. The van der Waals surface area contributed by atoms with Crippen LogP contribution in [0.5, 0.6) is 23.1 Å². The van der Waals surface area contributed by atoms with Gasteiger partial charge in [-0.2, -0.15) is 18.4 Å². The largest absolute Gasteiger partial charge is 0.494 e. The summed E-state index contributed by atoms with van der Waals surface area (Å²) in [6, 6.07) is 9.58. The number of hydrogen-bond donors (Lipinski definition) is 1. The van der Waals surface area contributed by atoms with Gasteiger partial charge in [0.05, 0.1) is 13.4 Å². The van der Waals surface area contributed by atoms with E-state index in [-0.39, 0.29) is 41.0 Å². The average molecular weight is 577 g/mol. The lowest BCUT2D eigenvalue weighted by Crippen LogP contribution is -2.20. The molecular formula is C25H28N4O8S2. The molecular weight excluding hydrogens is 548 g/mol. The average Bonchev–Trinajstić information content (AvgIpc) is 3.42. The molecule has 0 saturated carbocycles. The number of pyridine rings is 1. The normalized spacial score (nSPS) is 15.2. The van der Waals surface area contributed by atoms with Gasteiger partial charge in [-0.1, -0.05) is 32.0 Å². The number of aromatic nitrogens is 3. The molecule has 0 saturated heterocycles. The molecule has 208 valence electrons. The molecule has 14 heteroatoms. The molecule has 1 aromatic carbocycles.